The van der Waals surface area contributed by atoms with Crippen LogP contribution in [0.1, 0.15) is 213 Å². The van der Waals surface area contributed by atoms with Gasteiger partial charge in [-0.1, -0.05) is 251 Å². The zero-order chi connectivity index (χ0) is 56.8. The van der Waals surface area contributed by atoms with E-state index in [2.05, 4.69) is 99.0 Å². The number of amides is 1. The Bertz CT molecular complexity index is 1770. The predicted molar refractivity (Wildman–Crippen MR) is 324 cm³/mol. The number of hydrogen-bond acceptors (Lipinski definition) is 10. The molecule has 8 unspecified atom stereocenters. The van der Waals surface area contributed by atoms with Gasteiger partial charge in [-0.25, -0.2) is 0 Å². The fourth-order valence-corrected chi connectivity index (χ4v) is 8.64. The van der Waals surface area contributed by atoms with Gasteiger partial charge in [-0.15, -0.1) is 0 Å². The van der Waals surface area contributed by atoms with Crippen LogP contribution in [-0.4, -0.2) is 99.6 Å². The smallest absolute Gasteiger partial charge is 0.306 e. The number of rotatable bonds is 49. The maximum Gasteiger partial charge on any atom is 0.306 e. The van der Waals surface area contributed by atoms with Crippen LogP contribution in [0.4, 0.5) is 0 Å². The summed E-state index contributed by atoms with van der Waals surface area (Å²) in [4.78, 5) is 26.5. The fourth-order valence-electron chi connectivity index (χ4n) is 8.64. The molecule has 1 fully saturated rings. The van der Waals surface area contributed by atoms with Gasteiger partial charge in [0.2, 0.25) is 5.91 Å². The number of carbonyl (C=O) groups is 2. The molecule has 1 amide bonds. The SMILES string of the molecule is CC/C=C\C/C=C\C/C=C\C/C=C\C/C=C\CCCCCCCCC(O)C(=O)NC(COC1OC(CO)C(O)C(O)C1OC(=O)CCCCC/C=C/C=C\C=C/C=C/C=C/CC)C(O)/C=C/CCCCCCCCCCCC. The molecule has 0 saturated carbocycles. The predicted octanol–water partition coefficient (Wildman–Crippen LogP) is 14.4. The molecule has 1 aliphatic rings. The Morgan fingerprint density at radius 2 is 0.987 bits per heavy atom. The number of aliphatic hydroxyl groups excluding tert-OH is 5. The minimum Gasteiger partial charge on any atom is -0.454 e. The van der Waals surface area contributed by atoms with Gasteiger partial charge in [-0.3, -0.25) is 9.59 Å². The average molecular weight is 1090 g/mol. The van der Waals surface area contributed by atoms with Gasteiger partial charge in [0.15, 0.2) is 12.4 Å². The molecule has 1 saturated heterocycles. The summed E-state index contributed by atoms with van der Waals surface area (Å²) in [5, 5.41) is 56.9. The van der Waals surface area contributed by atoms with Crippen LogP contribution in [0.2, 0.25) is 0 Å². The van der Waals surface area contributed by atoms with Crippen LogP contribution in [0.25, 0.3) is 0 Å². The van der Waals surface area contributed by atoms with Crippen LogP contribution < -0.4 is 5.32 Å². The van der Waals surface area contributed by atoms with Gasteiger partial charge in [-0.05, 0) is 89.9 Å². The summed E-state index contributed by atoms with van der Waals surface area (Å²) >= 11 is 0. The molecule has 0 aromatic carbocycles. The van der Waals surface area contributed by atoms with E-state index in [4.69, 9.17) is 14.2 Å². The molecule has 442 valence electrons. The van der Waals surface area contributed by atoms with Gasteiger partial charge >= 0.3 is 5.97 Å². The van der Waals surface area contributed by atoms with Gasteiger partial charge < -0.3 is 45.1 Å². The third-order valence-corrected chi connectivity index (χ3v) is 13.4. The third-order valence-electron chi connectivity index (χ3n) is 13.4. The lowest BCUT2D eigenvalue weighted by Crippen LogP contribution is -2.61. The Hall–Kier alpha value is -4.20. The molecule has 1 aliphatic heterocycles. The first-order chi connectivity index (χ1) is 38.2. The van der Waals surface area contributed by atoms with Crippen molar-refractivity contribution >= 4 is 11.9 Å². The highest BCUT2D eigenvalue weighted by Crippen LogP contribution is 2.26. The number of ether oxygens (including phenoxy) is 3. The van der Waals surface area contributed by atoms with Gasteiger partial charge in [0.05, 0.1) is 25.4 Å². The van der Waals surface area contributed by atoms with Crippen molar-refractivity contribution in [3.63, 3.8) is 0 Å². The normalized spacial score (nSPS) is 19.9. The second kappa shape index (κ2) is 53.4. The van der Waals surface area contributed by atoms with Crippen LogP contribution in [0.15, 0.2) is 134 Å². The van der Waals surface area contributed by atoms with Gasteiger partial charge in [0, 0.05) is 6.42 Å². The van der Waals surface area contributed by atoms with Crippen LogP contribution in [0, 0.1) is 0 Å². The first-order valence-electron chi connectivity index (χ1n) is 30.5. The van der Waals surface area contributed by atoms with Crippen molar-refractivity contribution in [3.8, 4) is 0 Å². The molecule has 11 nitrogen and oxygen atoms in total. The Kier molecular flexibility index (Phi) is 49.2. The van der Waals surface area contributed by atoms with Crippen molar-refractivity contribution < 1.29 is 49.3 Å². The number of unbranched alkanes of at least 4 members (excludes halogenated alkanes) is 19. The molecular formula is C67H109NO10. The molecule has 0 radical (unpaired) electrons. The van der Waals surface area contributed by atoms with Crippen LogP contribution in [0.5, 0.6) is 0 Å². The van der Waals surface area contributed by atoms with Gasteiger partial charge in [0.25, 0.3) is 0 Å². The molecule has 11 heteroatoms. The molecule has 0 aromatic rings. The largest absolute Gasteiger partial charge is 0.454 e. The molecule has 0 aromatic heterocycles. The lowest BCUT2D eigenvalue weighted by molar-refractivity contribution is -0.305. The molecular weight excluding hydrogens is 979 g/mol. The van der Waals surface area contributed by atoms with E-state index in [1.807, 2.05) is 54.7 Å². The van der Waals surface area contributed by atoms with Crippen molar-refractivity contribution in [1.82, 2.24) is 5.32 Å². The number of hydrogen-bond donors (Lipinski definition) is 6. The molecule has 78 heavy (non-hydrogen) atoms. The van der Waals surface area contributed by atoms with E-state index in [9.17, 15) is 35.1 Å². The van der Waals surface area contributed by atoms with Crippen molar-refractivity contribution in [2.75, 3.05) is 13.2 Å². The summed E-state index contributed by atoms with van der Waals surface area (Å²) in [6, 6.07) is -1.05. The summed E-state index contributed by atoms with van der Waals surface area (Å²) in [5.74, 6) is -1.26. The summed E-state index contributed by atoms with van der Waals surface area (Å²) < 4.78 is 17.5. The minimum atomic E-state index is -1.64. The van der Waals surface area contributed by atoms with E-state index in [0.29, 0.717) is 12.8 Å². The molecule has 1 rings (SSSR count). The van der Waals surface area contributed by atoms with E-state index in [1.165, 1.54) is 44.9 Å². The minimum absolute atomic E-state index is 0.0652. The lowest BCUT2D eigenvalue weighted by Gasteiger charge is -2.41. The summed E-state index contributed by atoms with van der Waals surface area (Å²) in [7, 11) is 0. The molecule has 1 heterocycles. The third kappa shape index (κ3) is 40.9. The number of nitrogens with one attached hydrogen (secondary N) is 1. The second-order valence-corrected chi connectivity index (χ2v) is 20.4. The van der Waals surface area contributed by atoms with E-state index in [1.54, 1.807) is 6.08 Å². The average Bonchev–Trinajstić information content (AvgIpc) is 3.44. The maximum atomic E-state index is 13.4. The number of allylic oxidation sites excluding steroid dienone is 21. The van der Waals surface area contributed by atoms with Crippen molar-refractivity contribution in [2.24, 2.45) is 0 Å². The highest BCUT2D eigenvalue weighted by molar-refractivity contribution is 5.80. The first-order valence-corrected chi connectivity index (χ1v) is 30.5. The Morgan fingerprint density at radius 1 is 0.526 bits per heavy atom. The zero-order valence-corrected chi connectivity index (χ0v) is 48.7. The molecule has 0 bridgehead atoms. The molecule has 0 aliphatic carbocycles. The summed E-state index contributed by atoms with van der Waals surface area (Å²) in [6.07, 6.45) is 64.8. The topological polar surface area (TPSA) is 175 Å². The Balaban J connectivity index is 2.72. The molecule has 0 spiro atoms. The lowest BCUT2D eigenvalue weighted by atomic mass is 9.99. The zero-order valence-electron chi connectivity index (χ0n) is 48.7. The van der Waals surface area contributed by atoms with E-state index >= 15 is 0 Å². The highest BCUT2D eigenvalue weighted by Gasteiger charge is 2.47. The number of carbonyl (C=O) groups excluding carboxylic acids is 2. The second-order valence-electron chi connectivity index (χ2n) is 20.4. The van der Waals surface area contributed by atoms with Crippen LogP contribution in [0.3, 0.4) is 0 Å². The summed E-state index contributed by atoms with van der Waals surface area (Å²) in [5.41, 5.74) is 0. The van der Waals surface area contributed by atoms with Gasteiger partial charge in [-0.2, -0.15) is 0 Å². The molecule has 8 atom stereocenters. The maximum absolute atomic E-state index is 13.4. The monoisotopic (exact) mass is 1090 g/mol. The highest BCUT2D eigenvalue weighted by atomic mass is 16.7. The first kappa shape index (κ1) is 71.8. The van der Waals surface area contributed by atoms with Crippen molar-refractivity contribution in [2.45, 2.75) is 262 Å². The number of aliphatic hydroxyl groups is 5. The van der Waals surface area contributed by atoms with Crippen LogP contribution in [-0.2, 0) is 23.8 Å². The number of esters is 1. The fraction of sp³-hybridized carbons (Fsp3) is 0.642. The summed E-state index contributed by atoms with van der Waals surface area (Å²) in [6.45, 7) is 5.48. The van der Waals surface area contributed by atoms with Crippen molar-refractivity contribution in [1.29, 1.82) is 0 Å². The molecule has 6 N–H and O–H groups in total. The van der Waals surface area contributed by atoms with E-state index < -0.39 is 67.4 Å². The Labute approximate surface area is 473 Å². The quantitative estimate of drug-likeness (QED) is 0.0149. The Morgan fingerprint density at radius 3 is 1.54 bits per heavy atom. The van der Waals surface area contributed by atoms with Crippen molar-refractivity contribution in [3.05, 3.63) is 134 Å². The van der Waals surface area contributed by atoms with Crippen LogP contribution >= 0.6 is 0 Å². The van der Waals surface area contributed by atoms with E-state index in [-0.39, 0.29) is 19.4 Å². The van der Waals surface area contributed by atoms with Gasteiger partial charge in [0.1, 0.15) is 24.4 Å². The van der Waals surface area contributed by atoms with E-state index in [0.717, 1.165) is 122 Å². The standard InChI is InChI=1S/C67H109NO10/c1-4-7-10-13-16-19-22-25-27-28-29-30-31-32-33-35-36-39-42-45-48-51-54-60(71)66(75)68-58(59(70)53-50-47-44-41-38-24-21-18-15-12-9-6-3)57-76-67-65(64(74)63(73)61(56-69)77-67)78-62(72)55-52-49-46-43-40-37-34-26-23-20-17-14-11-8-5-2/h7-8,10-11,14,16-17,19-20,23,25-27,29-30,32-34,37,40,50,53,58-61,63-65,67,69-71,73-74H,4-6,9,12-13,15,18,21-22,24,28,31,35-36,38-39,41-49,51-52,54-57H2,1-3H3,(H,68,75)/b10-7-,11-8+,17-14+,19-16-,23-20-,27-25-,30-29-,33-32-,34-26-,40-37+,53-50+.